The summed E-state index contributed by atoms with van der Waals surface area (Å²) in [4.78, 5) is 25.9. The van der Waals surface area contributed by atoms with E-state index in [0.29, 0.717) is 75.1 Å². The molecule has 1 saturated heterocycles. The first-order chi connectivity index (χ1) is 26.1. The highest BCUT2D eigenvalue weighted by Gasteiger charge is 2.45. The molecule has 0 aliphatic carbocycles. The molecule has 1 fully saturated rings. The Kier molecular flexibility index (Phi) is 11.0. The Morgan fingerprint density at radius 3 is 2.67 bits per heavy atom. The number of benzene rings is 2. The molecule has 2 aromatic carbocycles. The fourth-order valence-electron chi connectivity index (χ4n) is 7.02. The van der Waals surface area contributed by atoms with Crippen LogP contribution in [-0.2, 0) is 20.8 Å². The average molecular weight is 740 g/mol. The number of aromatic amines is 1. The van der Waals surface area contributed by atoms with E-state index >= 15 is 4.39 Å². The van der Waals surface area contributed by atoms with Crippen LogP contribution in [0.5, 0.6) is 5.88 Å². The number of hydrogen-bond donors (Lipinski definition) is 3. The predicted octanol–water partition coefficient (Wildman–Crippen LogP) is 4.59. The molecule has 2 atom stereocenters. The number of amides is 1. The molecular weight excluding hydrogens is 693 g/mol. The molecule has 14 nitrogen and oxygen atoms in total. The van der Waals surface area contributed by atoms with E-state index < -0.39 is 17.6 Å². The number of nitrogens with zero attached hydrogens (tertiary/aromatic N) is 7. The molecular formula is C39H46FN9O5. The minimum absolute atomic E-state index is 0.00690. The molecule has 3 aromatic heterocycles. The van der Waals surface area contributed by atoms with Crippen molar-refractivity contribution in [3.8, 4) is 28.5 Å². The van der Waals surface area contributed by atoms with Crippen molar-refractivity contribution in [2.24, 2.45) is 0 Å². The maximum absolute atomic E-state index is 15.2. The summed E-state index contributed by atoms with van der Waals surface area (Å²) < 4.78 is 33.5. The number of aromatic nitrogens is 6. The Hall–Kier alpha value is -5.22. The van der Waals surface area contributed by atoms with Crippen molar-refractivity contribution in [2.75, 3.05) is 58.9 Å². The maximum Gasteiger partial charge on any atom is 0.237 e. The third-order valence-electron chi connectivity index (χ3n) is 10.0. The summed E-state index contributed by atoms with van der Waals surface area (Å²) in [6.45, 7) is 7.05. The fraction of sp³-hybridized carbons (Fsp3) is 0.410. The summed E-state index contributed by atoms with van der Waals surface area (Å²) in [5.41, 5.74) is 4.29. The zero-order valence-corrected chi connectivity index (χ0v) is 31.0. The van der Waals surface area contributed by atoms with Gasteiger partial charge in [-0.15, -0.1) is 0 Å². The summed E-state index contributed by atoms with van der Waals surface area (Å²) in [6.07, 6.45) is 5.41. The van der Waals surface area contributed by atoms with E-state index in [1.165, 1.54) is 6.07 Å². The molecule has 54 heavy (non-hydrogen) atoms. The number of nitrogens with one attached hydrogen (secondary N) is 2. The van der Waals surface area contributed by atoms with E-state index in [4.69, 9.17) is 14.2 Å². The SMILES string of the molecule is COCCn1cnc(-c2ccc(C3=CCN(C(=O)CN4CCC(OC)(C(O)Nc5ccc6[nH]nc(-c7ccc(OC(C)C)nc7)c6c5)C4)CC3)cc2F)n1. The van der Waals surface area contributed by atoms with Crippen LogP contribution in [0.4, 0.5) is 10.1 Å². The zero-order valence-electron chi connectivity index (χ0n) is 31.0. The van der Waals surface area contributed by atoms with Gasteiger partial charge in [0.2, 0.25) is 11.8 Å². The lowest BCUT2D eigenvalue weighted by Crippen LogP contribution is -2.51. The van der Waals surface area contributed by atoms with E-state index in [0.717, 1.165) is 33.3 Å². The summed E-state index contributed by atoms with van der Waals surface area (Å²) >= 11 is 0. The van der Waals surface area contributed by atoms with Crippen LogP contribution in [0.3, 0.4) is 0 Å². The van der Waals surface area contributed by atoms with Gasteiger partial charge in [0.25, 0.3) is 0 Å². The Morgan fingerprint density at radius 1 is 1.09 bits per heavy atom. The van der Waals surface area contributed by atoms with Crippen molar-refractivity contribution >= 4 is 28.1 Å². The Bertz CT molecular complexity index is 2120. The topological polar surface area (TPSA) is 156 Å². The summed E-state index contributed by atoms with van der Waals surface area (Å²) in [6, 6.07) is 14.6. The van der Waals surface area contributed by atoms with Crippen molar-refractivity contribution in [1.82, 2.24) is 39.7 Å². The van der Waals surface area contributed by atoms with Crippen LogP contribution < -0.4 is 10.1 Å². The van der Waals surface area contributed by atoms with Gasteiger partial charge >= 0.3 is 0 Å². The molecule has 0 saturated carbocycles. The van der Waals surface area contributed by atoms with E-state index in [-0.39, 0.29) is 18.6 Å². The number of carbonyl (C=O) groups is 1. The van der Waals surface area contributed by atoms with E-state index in [9.17, 15) is 9.90 Å². The van der Waals surface area contributed by atoms with Crippen LogP contribution in [0.1, 0.15) is 32.3 Å². The minimum Gasteiger partial charge on any atom is -0.475 e. The second-order valence-electron chi connectivity index (χ2n) is 14.0. The highest BCUT2D eigenvalue weighted by Crippen LogP contribution is 2.33. The second-order valence-corrected chi connectivity index (χ2v) is 14.0. The third-order valence-corrected chi connectivity index (χ3v) is 10.0. The molecule has 2 unspecified atom stereocenters. The standard InChI is InChI=1S/C39H46FN9O5/c1-25(2)54-34-10-6-28(21-41-34)36-31-20-29(7-9-33(31)44-45-36)43-38(51)39(53-4)13-16-47(23-39)22-35(50)48-14-11-26(12-15-48)27-5-8-30(32(40)19-27)37-42-24-49(46-37)17-18-52-3/h5-11,19-21,24-25,38,43,51H,12-18,22-23H2,1-4H3,(H,44,45). The van der Waals surface area contributed by atoms with Gasteiger partial charge in [0.05, 0.1) is 36.9 Å². The smallest absolute Gasteiger partial charge is 0.237 e. The Labute approximate surface area is 312 Å². The quantitative estimate of drug-likeness (QED) is 0.137. The number of fused-ring (bicyclic) bond motifs is 1. The lowest BCUT2D eigenvalue weighted by molar-refractivity contribution is -0.132. The van der Waals surface area contributed by atoms with Crippen molar-refractivity contribution in [3.63, 3.8) is 0 Å². The Morgan fingerprint density at radius 2 is 1.94 bits per heavy atom. The monoisotopic (exact) mass is 739 g/mol. The van der Waals surface area contributed by atoms with Crippen molar-refractivity contribution in [2.45, 2.75) is 51.2 Å². The van der Waals surface area contributed by atoms with Crippen LogP contribution >= 0.6 is 0 Å². The van der Waals surface area contributed by atoms with E-state index in [1.807, 2.05) is 66.1 Å². The number of pyridine rings is 1. The van der Waals surface area contributed by atoms with E-state index in [2.05, 4.69) is 30.6 Å². The third kappa shape index (κ3) is 7.99. The highest BCUT2D eigenvalue weighted by atomic mass is 19.1. The number of aliphatic hydroxyl groups excluding tert-OH is 1. The van der Waals surface area contributed by atoms with Gasteiger partial charge in [-0.1, -0.05) is 12.1 Å². The maximum atomic E-state index is 15.2. The first-order valence-corrected chi connectivity index (χ1v) is 18.1. The van der Waals surface area contributed by atoms with Gasteiger partial charge in [-0.3, -0.25) is 19.5 Å². The molecule has 0 spiro atoms. The van der Waals surface area contributed by atoms with Gasteiger partial charge in [-0.05, 0) is 74.2 Å². The average Bonchev–Trinajstić information content (AvgIpc) is 3.93. The summed E-state index contributed by atoms with van der Waals surface area (Å²) in [5, 5.41) is 27.5. The number of methoxy groups -OCH3 is 2. The second kappa shape index (κ2) is 16.0. The zero-order chi connectivity index (χ0) is 37.8. The number of halogens is 1. The van der Waals surface area contributed by atoms with Crippen LogP contribution in [0, 0.1) is 5.82 Å². The summed E-state index contributed by atoms with van der Waals surface area (Å²) in [7, 11) is 3.20. The fourth-order valence-corrected chi connectivity index (χ4v) is 7.02. The number of anilines is 1. The number of carbonyl (C=O) groups excluding carboxylic acids is 1. The number of aliphatic hydroxyl groups is 1. The van der Waals surface area contributed by atoms with Gasteiger partial charge in [0.1, 0.15) is 23.4 Å². The van der Waals surface area contributed by atoms with Gasteiger partial charge in [0, 0.05) is 69.3 Å². The number of H-pyrrole nitrogens is 1. The van der Waals surface area contributed by atoms with E-state index in [1.54, 1.807) is 37.5 Å². The van der Waals surface area contributed by atoms with Gasteiger partial charge < -0.3 is 29.5 Å². The van der Waals surface area contributed by atoms with Crippen LogP contribution in [0.15, 0.2) is 67.1 Å². The molecule has 0 radical (unpaired) electrons. The molecule has 7 rings (SSSR count). The molecule has 284 valence electrons. The molecule has 0 bridgehead atoms. The largest absolute Gasteiger partial charge is 0.475 e. The first kappa shape index (κ1) is 37.1. The molecule has 1 amide bonds. The Balaban J connectivity index is 0.944. The van der Waals surface area contributed by atoms with Crippen molar-refractivity contribution in [1.29, 1.82) is 0 Å². The first-order valence-electron chi connectivity index (χ1n) is 18.1. The molecule has 2 aliphatic rings. The van der Waals surface area contributed by atoms with Gasteiger partial charge in [-0.2, -0.15) is 10.2 Å². The van der Waals surface area contributed by atoms with Crippen LogP contribution in [-0.4, -0.2) is 122 Å². The lowest BCUT2D eigenvalue weighted by Gasteiger charge is -2.34. The minimum atomic E-state index is -1.04. The molecule has 5 heterocycles. The molecule has 5 aromatic rings. The number of ether oxygens (including phenoxy) is 3. The number of likely N-dealkylation sites (tertiary alicyclic amines) is 1. The van der Waals surface area contributed by atoms with Crippen LogP contribution in [0.25, 0.3) is 39.1 Å². The summed E-state index contributed by atoms with van der Waals surface area (Å²) in [5.74, 6) is 0.469. The molecule has 2 aliphatic heterocycles. The predicted molar refractivity (Wildman–Crippen MR) is 202 cm³/mol. The van der Waals surface area contributed by atoms with Crippen LogP contribution in [0.2, 0.25) is 0 Å². The van der Waals surface area contributed by atoms with Crippen molar-refractivity contribution < 1.29 is 28.5 Å². The number of rotatable bonds is 14. The molecule has 15 heteroatoms. The van der Waals surface area contributed by atoms with Crippen molar-refractivity contribution in [3.05, 3.63) is 78.5 Å². The van der Waals surface area contributed by atoms with Gasteiger partial charge in [0.15, 0.2) is 12.1 Å². The number of hydrogen-bond acceptors (Lipinski definition) is 11. The lowest BCUT2D eigenvalue weighted by atomic mass is 9.98. The highest BCUT2D eigenvalue weighted by molar-refractivity contribution is 5.94. The van der Waals surface area contributed by atoms with Gasteiger partial charge in [-0.25, -0.2) is 14.4 Å². The normalized spacial score (nSPS) is 18.4. The molecule has 3 N–H and O–H groups in total.